The molecule has 1 N–H and O–H groups in total. The number of pyridine rings is 3. The van der Waals surface area contributed by atoms with E-state index in [0.717, 1.165) is 40.1 Å². The third-order valence-electron chi connectivity index (χ3n) is 5.51. The predicted molar refractivity (Wildman–Crippen MR) is 113 cm³/mol. The molecule has 0 atom stereocenters. The topological polar surface area (TPSA) is 87.6 Å². The monoisotopic (exact) mass is 407 g/mol. The Balaban J connectivity index is 1.99. The normalized spacial score (nSPS) is 12.8. The molecule has 0 bridgehead atoms. The van der Waals surface area contributed by atoms with Crippen molar-refractivity contribution in [2.45, 2.75) is 26.3 Å². The Kier molecular flexibility index (Phi) is 4.27. The summed E-state index contributed by atoms with van der Waals surface area (Å²) in [6.45, 7) is 2.67. The first-order chi connectivity index (χ1) is 14.7. The highest BCUT2D eigenvalue weighted by Gasteiger charge is 2.22. The van der Waals surface area contributed by atoms with Crippen molar-refractivity contribution < 1.29 is 19.2 Å². The van der Waals surface area contributed by atoms with Crippen LogP contribution in [0.4, 0.5) is 0 Å². The number of nitrogens with one attached hydrogen (secondary N) is 1. The predicted octanol–water partition coefficient (Wildman–Crippen LogP) is 2.24. The molecule has 2 aliphatic heterocycles. The summed E-state index contributed by atoms with van der Waals surface area (Å²) in [7, 11) is 3.18. The van der Waals surface area contributed by atoms with Crippen LogP contribution < -0.4 is 25.5 Å². The van der Waals surface area contributed by atoms with Crippen molar-refractivity contribution in [1.29, 1.82) is 0 Å². The number of aromatic nitrogens is 3. The van der Waals surface area contributed by atoms with Gasteiger partial charge in [-0.2, -0.15) is 0 Å². The summed E-state index contributed by atoms with van der Waals surface area (Å²) in [5.74, 6) is 1.20. The van der Waals surface area contributed by atoms with Gasteiger partial charge in [0, 0.05) is 29.6 Å². The lowest BCUT2D eigenvalue weighted by molar-refractivity contribution is -0.151. The fraction of sp³-hybridized carbons (Fsp3) is 0.273. The molecule has 0 aromatic carbocycles. The summed E-state index contributed by atoms with van der Waals surface area (Å²) >= 11 is 0. The number of aryl methyl sites for hydroxylation is 1. The van der Waals surface area contributed by atoms with Gasteiger partial charge >= 0.3 is 0 Å². The van der Waals surface area contributed by atoms with Crippen LogP contribution in [0.5, 0.6) is 11.5 Å². The Morgan fingerprint density at radius 3 is 2.77 bits per heavy atom. The first-order valence-electron chi connectivity index (χ1n) is 9.79. The van der Waals surface area contributed by atoms with Crippen molar-refractivity contribution in [2.75, 3.05) is 14.2 Å². The van der Waals surface area contributed by atoms with Crippen LogP contribution in [0.3, 0.4) is 0 Å². The van der Waals surface area contributed by atoms with Crippen molar-refractivity contribution in [3.05, 3.63) is 39.1 Å². The Morgan fingerprint density at radius 1 is 1.17 bits per heavy atom. The van der Waals surface area contributed by atoms with Crippen LogP contribution in [0.15, 0.2) is 23.1 Å². The van der Waals surface area contributed by atoms with E-state index >= 15 is 0 Å². The summed E-state index contributed by atoms with van der Waals surface area (Å²) in [5.41, 5.74) is 3.57. The molecule has 2 aromatic rings. The van der Waals surface area contributed by atoms with Gasteiger partial charge in [-0.1, -0.05) is 13.3 Å². The largest absolute Gasteiger partial charge is 0.493 e. The highest BCUT2D eigenvalue weighted by atomic mass is 17.2. The minimum atomic E-state index is -0.0959. The number of H-pyrrole nitrogens is 1. The van der Waals surface area contributed by atoms with Crippen LogP contribution in [0.2, 0.25) is 0 Å². The molecule has 1 aliphatic carbocycles. The van der Waals surface area contributed by atoms with E-state index in [-0.39, 0.29) is 5.56 Å². The van der Waals surface area contributed by atoms with Crippen LogP contribution in [-0.2, 0) is 16.3 Å². The van der Waals surface area contributed by atoms with Gasteiger partial charge in [0.1, 0.15) is 5.52 Å². The van der Waals surface area contributed by atoms with E-state index in [1.807, 2.05) is 12.1 Å². The van der Waals surface area contributed by atoms with Gasteiger partial charge < -0.3 is 19.0 Å². The zero-order chi connectivity index (χ0) is 20.8. The molecular formula is C22H21N3O5. The first kappa shape index (κ1) is 18.4. The smallest absolute Gasteiger partial charge is 0.260 e. The number of aromatic amines is 1. The number of hydrogen-bond acceptors (Lipinski definition) is 6. The maximum absolute atomic E-state index is 13.6. The van der Waals surface area contributed by atoms with Crippen molar-refractivity contribution in [3.63, 3.8) is 0 Å². The van der Waals surface area contributed by atoms with E-state index in [4.69, 9.17) is 19.2 Å². The average molecular weight is 407 g/mol. The maximum atomic E-state index is 13.6. The fourth-order valence-electron chi connectivity index (χ4n) is 4.05. The van der Waals surface area contributed by atoms with Gasteiger partial charge in [0.15, 0.2) is 24.0 Å². The van der Waals surface area contributed by atoms with Crippen molar-refractivity contribution in [1.82, 2.24) is 14.5 Å². The molecule has 30 heavy (non-hydrogen) atoms. The summed E-state index contributed by atoms with van der Waals surface area (Å²) in [6, 6.07) is 3.71. The Hall–Kier alpha value is -3.68. The molecule has 0 radical (unpaired) electrons. The number of nitrogens with zero attached hydrogens (tertiary/aromatic N) is 2. The lowest BCUT2D eigenvalue weighted by Gasteiger charge is -2.15. The molecule has 0 amide bonds. The minimum Gasteiger partial charge on any atom is -0.493 e. The molecule has 0 unspecified atom stereocenters. The van der Waals surface area contributed by atoms with Crippen molar-refractivity contribution >= 4 is 34.5 Å². The highest BCUT2D eigenvalue weighted by Crippen LogP contribution is 2.43. The fourth-order valence-corrected chi connectivity index (χ4v) is 4.05. The number of ether oxygens (including phenoxy) is 2. The maximum Gasteiger partial charge on any atom is 0.260 e. The molecule has 4 heterocycles. The number of rotatable bonds is 5. The molecule has 0 saturated carbocycles. The van der Waals surface area contributed by atoms with Gasteiger partial charge in [-0.25, -0.2) is 0 Å². The molecule has 154 valence electrons. The van der Waals surface area contributed by atoms with Crippen LogP contribution in [0.25, 0.3) is 45.7 Å². The van der Waals surface area contributed by atoms with Crippen LogP contribution >= 0.6 is 0 Å². The molecule has 8 nitrogen and oxygen atoms in total. The van der Waals surface area contributed by atoms with Gasteiger partial charge in [0.2, 0.25) is 0 Å². The van der Waals surface area contributed by atoms with Gasteiger partial charge in [-0.05, 0) is 12.5 Å². The van der Waals surface area contributed by atoms with Crippen LogP contribution in [-0.4, -0.2) is 28.8 Å². The zero-order valence-corrected chi connectivity index (χ0v) is 16.9. The number of fused-ring (bicyclic) bond motifs is 6. The Morgan fingerprint density at radius 2 is 2.00 bits per heavy atom. The summed E-state index contributed by atoms with van der Waals surface area (Å²) in [5, 5.41) is 2.07. The first-order valence-corrected chi connectivity index (χ1v) is 9.79. The van der Waals surface area contributed by atoms with E-state index in [0.29, 0.717) is 34.5 Å². The summed E-state index contributed by atoms with van der Waals surface area (Å²) in [6.07, 6.45) is 6.54. The molecule has 5 rings (SSSR count). The number of methoxy groups -OCH3 is 2. The molecule has 3 aliphatic rings. The highest BCUT2D eigenvalue weighted by molar-refractivity contribution is 6.03. The Bertz CT molecular complexity index is 1430. The van der Waals surface area contributed by atoms with E-state index in [1.165, 1.54) is 12.5 Å². The van der Waals surface area contributed by atoms with E-state index in [9.17, 15) is 4.79 Å². The minimum absolute atomic E-state index is 0.0959. The molecule has 0 saturated heterocycles. The lowest BCUT2D eigenvalue weighted by atomic mass is 10.1. The summed E-state index contributed by atoms with van der Waals surface area (Å²) < 4.78 is 12.7. The van der Waals surface area contributed by atoms with Crippen LogP contribution in [0, 0.1) is 0 Å². The van der Waals surface area contributed by atoms with Gasteiger partial charge in [-0.3, -0.25) is 19.6 Å². The Labute approximate surface area is 171 Å². The third kappa shape index (κ3) is 2.53. The third-order valence-corrected chi connectivity index (χ3v) is 5.51. The quantitative estimate of drug-likeness (QED) is 0.403. The second kappa shape index (κ2) is 6.98. The molecule has 2 aromatic heterocycles. The van der Waals surface area contributed by atoms with Crippen LogP contribution in [0.1, 0.15) is 19.8 Å². The van der Waals surface area contributed by atoms with Crippen molar-refractivity contribution in [3.8, 4) is 22.8 Å². The van der Waals surface area contributed by atoms with Gasteiger partial charge in [0.05, 0.1) is 41.6 Å². The SMILES string of the molecule is CCCCn1c(=O)c2cc3c(OC)c(OC)cc-3[nH]c2c2ncc3c(c21)=COOC=3. The second-order valence-corrected chi connectivity index (χ2v) is 7.19. The standard InChI is InChI=1S/C22H21N3O5/c1-4-5-6-25-20-15-11-30-29-10-12(15)9-23-19(20)18-14(22(25)26)7-13-16(24-18)8-17(27-2)21(13)28-3/h7-11,24H,4-6H2,1-3H3. The van der Waals surface area contributed by atoms with E-state index in [2.05, 4.69) is 16.9 Å². The average Bonchev–Trinajstić information content (AvgIpc) is 3.14. The molecule has 0 spiro atoms. The zero-order valence-electron chi connectivity index (χ0n) is 16.9. The lowest BCUT2D eigenvalue weighted by Crippen LogP contribution is -2.35. The number of hydrogen-bond donors (Lipinski definition) is 1. The second-order valence-electron chi connectivity index (χ2n) is 7.19. The molecule has 8 heteroatoms. The van der Waals surface area contributed by atoms with Gasteiger partial charge in [-0.15, -0.1) is 0 Å². The van der Waals surface area contributed by atoms with E-state index in [1.54, 1.807) is 25.0 Å². The molecule has 0 fully saturated rings. The van der Waals surface area contributed by atoms with E-state index < -0.39 is 0 Å². The summed E-state index contributed by atoms with van der Waals surface area (Å²) in [4.78, 5) is 31.7. The number of unbranched alkanes of at least 4 members (excludes halogenated alkanes) is 1. The molecular weight excluding hydrogens is 386 g/mol. The van der Waals surface area contributed by atoms with Gasteiger partial charge in [0.25, 0.3) is 5.56 Å². The van der Waals surface area contributed by atoms with Crippen molar-refractivity contribution in [2.24, 2.45) is 0 Å².